The Labute approximate surface area is 106 Å². The Balaban J connectivity index is 2.21. The highest BCUT2D eigenvalue weighted by Crippen LogP contribution is 2.23. The zero-order valence-electron chi connectivity index (χ0n) is 10.0. The highest BCUT2D eigenvalue weighted by Gasteiger charge is 2.22. The number of benzene rings is 1. The minimum atomic E-state index is -0.432. The van der Waals surface area contributed by atoms with Gasteiger partial charge in [-0.3, -0.25) is 4.68 Å². The lowest BCUT2D eigenvalue weighted by Crippen LogP contribution is -2.35. The normalized spacial score (nSPS) is 14.6. The Morgan fingerprint density at radius 1 is 1.29 bits per heavy atom. The van der Waals surface area contributed by atoms with Crippen LogP contribution in [0.25, 0.3) is 0 Å². The van der Waals surface area contributed by atoms with Crippen LogP contribution in [0.4, 0.5) is 0 Å². The molecular weight excluding hydrogens is 234 g/mol. The fourth-order valence-electron chi connectivity index (χ4n) is 1.87. The molecule has 0 saturated carbocycles. The summed E-state index contributed by atoms with van der Waals surface area (Å²) in [5, 5.41) is 5.07. The molecule has 0 fully saturated rings. The maximum atomic E-state index is 6.34. The molecule has 1 aromatic heterocycles. The number of hydrogen-bond donors (Lipinski definition) is 1. The van der Waals surface area contributed by atoms with Crippen LogP contribution in [0, 0.1) is 0 Å². The standard InChI is InChI=1S/C13H16ClN3/c1-13(15,9-12-7-8-17(2)16-12)10-3-5-11(14)6-4-10/h3-8H,9,15H2,1-2H3. The van der Waals surface area contributed by atoms with E-state index >= 15 is 0 Å². The Hall–Kier alpha value is -1.32. The molecule has 1 unspecified atom stereocenters. The van der Waals surface area contributed by atoms with Crippen molar-refractivity contribution in [1.29, 1.82) is 0 Å². The Morgan fingerprint density at radius 3 is 2.47 bits per heavy atom. The number of rotatable bonds is 3. The second-order valence-electron chi connectivity index (χ2n) is 4.58. The zero-order valence-corrected chi connectivity index (χ0v) is 10.8. The van der Waals surface area contributed by atoms with E-state index in [4.69, 9.17) is 17.3 Å². The summed E-state index contributed by atoms with van der Waals surface area (Å²) >= 11 is 5.87. The van der Waals surface area contributed by atoms with E-state index in [1.165, 1.54) is 0 Å². The lowest BCUT2D eigenvalue weighted by molar-refractivity contribution is 0.482. The van der Waals surface area contributed by atoms with Crippen molar-refractivity contribution in [2.75, 3.05) is 0 Å². The van der Waals surface area contributed by atoms with E-state index in [2.05, 4.69) is 5.10 Å². The average Bonchev–Trinajstić information content (AvgIpc) is 2.63. The second kappa shape index (κ2) is 4.51. The molecule has 90 valence electrons. The maximum absolute atomic E-state index is 6.34. The number of hydrogen-bond acceptors (Lipinski definition) is 2. The van der Waals surface area contributed by atoms with Crippen molar-refractivity contribution in [1.82, 2.24) is 9.78 Å². The van der Waals surface area contributed by atoms with Crippen molar-refractivity contribution in [2.45, 2.75) is 18.9 Å². The molecule has 17 heavy (non-hydrogen) atoms. The van der Waals surface area contributed by atoms with Crippen molar-refractivity contribution in [3.63, 3.8) is 0 Å². The Morgan fingerprint density at radius 2 is 1.94 bits per heavy atom. The molecule has 1 heterocycles. The quantitative estimate of drug-likeness (QED) is 0.908. The maximum Gasteiger partial charge on any atom is 0.0646 e. The van der Waals surface area contributed by atoms with Gasteiger partial charge in [0.05, 0.1) is 5.69 Å². The average molecular weight is 250 g/mol. The smallest absolute Gasteiger partial charge is 0.0646 e. The van der Waals surface area contributed by atoms with Crippen LogP contribution in [-0.2, 0) is 19.0 Å². The molecule has 0 amide bonds. The molecule has 1 aromatic carbocycles. The number of nitrogens with zero attached hydrogens (tertiary/aromatic N) is 2. The van der Waals surface area contributed by atoms with Crippen LogP contribution in [-0.4, -0.2) is 9.78 Å². The SMILES string of the molecule is Cn1ccc(CC(C)(N)c2ccc(Cl)cc2)n1. The van der Waals surface area contributed by atoms with Crippen LogP contribution in [0.2, 0.25) is 5.02 Å². The first-order chi connectivity index (χ1) is 7.97. The molecule has 3 nitrogen and oxygen atoms in total. The summed E-state index contributed by atoms with van der Waals surface area (Å²) in [4.78, 5) is 0. The lowest BCUT2D eigenvalue weighted by Gasteiger charge is -2.24. The summed E-state index contributed by atoms with van der Waals surface area (Å²) in [7, 11) is 1.90. The number of aromatic nitrogens is 2. The highest BCUT2D eigenvalue weighted by atomic mass is 35.5. The monoisotopic (exact) mass is 249 g/mol. The second-order valence-corrected chi connectivity index (χ2v) is 5.02. The van der Waals surface area contributed by atoms with Crippen LogP contribution in [0.5, 0.6) is 0 Å². The first-order valence-electron chi connectivity index (χ1n) is 5.51. The van der Waals surface area contributed by atoms with Gasteiger partial charge in [0.1, 0.15) is 0 Å². The molecule has 2 N–H and O–H groups in total. The third-order valence-electron chi connectivity index (χ3n) is 2.82. The van der Waals surface area contributed by atoms with E-state index in [0.717, 1.165) is 16.3 Å². The van der Waals surface area contributed by atoms with Crippen LogP contribution >= 0.6 is 11.6 Å². The minimum Gasteiger partial charge on any atom is -0.321 e. The van der Waals surface area contributed by atoms with Gasteiger partial charge in [-0.05, 0) is 30.7 Å². The predicted molar refractivity (Wildman–Crippen MR) is 69.9 cm³/mol. The van der Waals surface area contributed by atoms with E-state index in [0.29, 0.717) is 6.42 Å². The molecular formula is C13H16ClN3. The first-order valence-corrected chi connectivity index (χ1v) is 5.89. The summed E-state index contributed by atoms with van der Waals surface area (Å²) in [6, 6.07) is 9.64. The Kier molecular flexibility index (Phi) is 3.22. The van der Waals surface area contributed by atoms with Crippen molar-refractivity contribution in [3.8, 4) is 0 Å². The van der Waals surface area contributed by atoms with Gasteiger partial charge in [0.15, 0.2) is 0 Å². The van der Waals surface area contributed by atoms with E-state index in [9.17, 15) is 0 Å². The van der Waals surface area contributed by atoms with Gasteiger partial charge in [-0.25, -0.2) is 0 Å². The van der Waals surface area contributed by atoms with E-state index in [1.807, 2.05) is 50.5 Å². The van der Waals surface area contributed by atoms with Crippen LogP contribution in [0.3, 0.4) is 0 Å². The third kappa shape index (κ3) is 2.87. The van der Waals surface area contributed by atoms with Crippen LogP contribution in [0.1, 0.15) is 18.2 Å². The van der Waals surface area contributed by atoms with Gasteiger partial charge in [-0.15, -0.1) is 0 Å². The molecule has 0 aliphatic rings. The molecule has 2 rings (SSSR count). The van der Waals surface area contributed by atoms with Crippen molar-refractivity contribution in [2.24, 2.45) is 12.8 Å². The van der Waals surface area contributed by atoms with Crippen LogP contribution in [0.15, 0.2) is 36.5 Å². The summed E-state index contributed by atoms with van der Waals surface area (Å²) in [5.41, 5.74) is 7.96. The first kappa shape index (κ1) is 12.1. The van der Waals surface area contributed by atoms with Gasteiger partial charge in [-0.2, -0.15) is 5.10 Å². The number of halogens is 1. The van der Waals surface area contributed by atoms with Gasteiger partial charge in [0.25, 0.3) is 0 Å². The molecule has 0 aliphatic carbocycles. The molecule has 0 saturated heterocycles. The van der Waals surface area contributed by atoms with Gasteiger partial charge < -0.3 is 5.73 Å². The topological polar surface area (TPSA) is 43.8 Å². The molecule has 2 aromatic rings. The third-order valence-corrected chi connectivity index (χ3v) is 3.07. The van der Waals surface area contributed by atoms with E-state index in [1.54, 1.807) is 4.68 Å². The van der Waals surface area contributed by atoms with Crippen molar-refractivity contribution in [3.05, 3.63) is 52.8 Å². The fourth-order valence-corrected chi connectivity index (χ4v) is 1.99. The predicted octanol–water partition coefficient (Wildman–Crippen LogP) is 2.49. The summed E-state index contributed by atoms with van der Waals surface area (Å²) in [6.07, 6.45) is 2.63. The van der Waals surface area contributed by atoms with Gasteiger partial charge in [0.2, 0.25) is 0 Å². The van der Waals surface area contributed by atoms with Crippen molar-refractivity contribution >= 4 is 11.6 Å². The molecule has 4 heteroatoms. The largest absolute Gasteiger partial charge is 0.321 e. The molecule has 0 aliphatic heterocycles. The molecule has 0 radical (unpaired) electrons. The highest BCUT2D eigenvalue weighted by molar-refractivity contribution is 6.30. The fraction of sp³-hybridized carbons (Fsp3) is 0.308. The Bertz CT molecular complexity index is 500. The minimum absolute atomic E-state index is 0.432. The van der Waals surface area contributed by atoms with Gasteiger partial charge >= 0.3 is 0 Å². The molecule has 0 bridgehead atoms. The van der Waals surface area contributed by atoms with E-state index < -0.39 is 5.54 Å². The van der Waals surface area contributed by atoms with Gasteiger partial charge in [-0.1, -0.05) is 23.7 Å². The van der Waals surface area contributed by atoms with E-state index in [-0.39, 0.29) is 0 Å². The lowest BCUT2D eigenvalue weighted by atomic mass is 9.88. The summed E-state index contributed by atoms with van der Waals surface area (Å²) < 4.78 is 1.78. The van der Waals surface area contributed by atoms with Crippen molar-refractivity contribution < 1.29 is 0 Å². The summed E-state index contributed by atoms with van der Waals surface area (Å²) in [6.45, 7) is 2.00. The number of nitrogens with two attached hydrogens (primary N) is 1. The summed E-state index contributed by atoms with van der Waals surface area (Å²) in [5.74, 6) is 0. The molecule has 0 spiro atoms. The molecule has 1 atom stereocenters. The number of aryl methyl sites for hydroxylation is 1. The zero-order chi connectivity index (χ0) is 12.5. The van der Waals surface area contributed by atoms with Crippen LogP contribution < -0.4 is 5.73 Å². The van der Waals surface area contributed by atoms with Gasteiger partial charge in [0, 0.05) is 30.2 Å².